The molecule has 0 aromatic rings. The van der Waals surface area contributed by atoms with Crippen molar-refractivity contribution in [3.05, 3.63) is 0 Å². The van der Waals surface area contributed by atoms with Crippen molar-refractivity contribution in [2.75, 3.05) is 26.8 Å². The first-order chi connectivity index (χ1) is 8.63. The van der Waals surface area contributed by atoms with Gasteiger partial charge in [-0.15, -0.1) is 0 Å². The van der Waals surface area contributed by atoms with E-state index in [4.69, 9.17) is 10.00 Å². The van der Waals surface area contributed by atoms with E-state index in [9.17, 15) is 9.59 Å². The number of amides is 1. The second-order valence-electron chi connectivity index (χ2n) is 4.68. The average molecular weight is 252 g/mol. The summed E-state index contributed by atoms with van der Waals surface area (Å²) in [5.41, 5.74) is -0.863. The van der Waals surface area contributed by atoms with Crippen molar-refractivity contribution < 1.29 is 19.1 Å². The number of nitriles is 1. The summed E-state index contributed by atoms with van der Waals surface area (Å²) in [5.74, 6) is -0.652. The van der Waals surface area contributed by atoms with Crippen LogP contribution in [0.5, 0.6) is 0 Å². The lowest BCUT2D eigenvalue weighted by Crippen LogP contribution is -2.54. The number of methoxy groups -OCH3 is 1. The molecule has 1 amide bonds. The summed E-state index contributed by atoms with van der Waals surface area (Å²) in [7, 11) is 1.29. The molecule has 1 atom stereocenters. The number of ether oxygens (including phenoxy) is 2. The third-order valence-corrected chi connectivity index (χ3v) is 3.65. The predicted octanol–water partition coefficient (Wildman–Crippen LogP) is 0.0807. The second-order valence-corrected chi connectivity index (χ2v) is 4.68. The van der Waals surface area contributed by atoms with Gasteiger partial charge in [-0.3, -0.25) is 4.79 Å². The van der Waals surface area contributed by atoms with Gasteiger partial charge in [0.25, 0.3) is 0 Å². The molecule has 6 heteroatoms. The molecular weight excluding hydrogens is 236 g/mol. The Bertz CT molecular complexity index is 397. The van der Waals surface area contributed by atoms with Gasteiger partial charge in [0.2, 0.25) is 5.91 Å². The van der Waals surface area contributed by atoms with Crippen molar-refractivity contribution in [1.29, 1.82) is 5.26 Å². The lowest BCUT2D eigenvalue weighted by Gasteiger charge is -2.40. The number of hydrogen-bond donors (Lipinski definition) is 0. The number of morpholine rings is 1. The zero-order valence-electron chi connectivity index (χ0n) is 10.3. The van der Waals surface area contributed by atoms with Crippen LogP contribution in [0.25, 0.3) is 0 Å². The molecule has 98 valence electrons. The molecule has 18 heavy (non-hydrogen) atoms. The Morgan fingerprint density at radius 3 is 2.72 bits per heavy atom. The molecule has 2 fully saturated rings. The normalized spacial score (nSPS) is 25.8. The van der Waals surface area contributed by atoms with E-state index in [0.717, 1.165) is 6.42 Å². The maximum absolute atomic E-state index is 12.3. The second kappa shape index (κ2) is 4.94. The van der Waals surface area contributed by atoms with Gasteiger partial charge in [-0.2, -0.15) is 5.26 Å². The first-order valence-corrected chi connectivity index (χ1v) is 6.03. The molecule has 1 heterocycles. The Morgan fingerprint density at radius 2 is 2.22 bits per heavy atom. The highest BCUT2D eigenvalue weighted by Crippen LogP contribution is 2.42. The molecule has 0 bridgehead atoms. The van der Waals surface area contributed by atoms with Gasteiger partial charge in [0.1, 0.15) is 5.41 Å². The predicted molar refractivity (Wildman–Crippen MR) is 60.2 cm³/mol. The van der Waals surface area contributed by atoms with Gasteiger partial charge in [0.15, 0.2) is 6.10 Å². The monoisotopic (exact) mass is 252 g/mol. The summed E-state index contributed by atoms with van der Waals surface area (Å²) in [6, 6.07) is 2.12. The highest BCUT2D eigenvalue weighted by Gasteiger charge is 2.48. The lowest BCUT2D eigenvalue weighted by molar-refractivity contribution is -0.165. The molecule has 1 aliphatic heterocycles. The van der Waals surface area contributed by atoms with E-state index >= 15 is 0 Å². The van der Waals surface area contributed by atoms with Crippen LogP contribution in [0.2, 0.25) is 0 Å². The van der Waals surface area contributed by atoms with Crippen molar-refractivity contribution in [3.63, 3.8) is 0 Å². The smallest absolute Gasteiger partial charge is 0.336 e. The SMILES string of the molecule is COC(=O)C1CN(C(=O)C2(C#N)CCC2)CCO1. The van der Waals surface area contributed by atoms with E-state index in [1.54, 1.807) is 4.90 Å². The molecular formula is C12H16N2O4. The number of rotatable bonds is 2. The summed E-state index contributed by atoms with van der Waals surface area (Å²) in [6.45, 7) is 0.901. The number of hydrogen-bond acceptors (Lipinski definition) is 5. The van der Waals surface area contributed by atoms with Gasteiger partial charge in [0.05, 0.1) is 26.3 Å². The Labute approximate surface area is 105 Å². The molecule has 0 radical (unpaired) electrons. The van der Waals surface area contributed by atoms with Crippen LogP contribution in [-0.2, 0) is 19.1 Å². The Morgan fingerprint density at radius 1 is 1.50 bits per heavy atom. The van der Waals surface area contributed by atoms with Crippen LogP contribution in [0.1, 0.15) is 19.3 Å². The minimum atomic E-state index is -0.863. The van der Waals surface area contributed by atoms with Crippen molar-refractivity contribution >= 4 is 11.9 Å². The summed E-state index contributed by atoms with van der Waals surface area (Å²) >= 11 is 0. The van der Waals surface area contributed by atoms with E-state index in [-0.39, 0.29) is 12.5 Å². The maximum Gasteiger partial charge on any atom is 0.336 e. The summed E-state index contributed by atoms with van der Waals surface area (Å²) in [6.07, 6.45) is 1.40. The van der Waals surface area contributed by atoms with E-state index in [1.165, 1.54) is 7.11 Å². The fraction of sp³-hybridized carbons (Fsp3) is 0.750. The average Bonchev–Trinajstić information content (AvgIpc) is 2.37. The zero-order valence-corrected chi connectivity index (χ0v) is 10.3. The standard InChI is InChI=1S/C12H16N2O4/c1-17-10(15)9-7-14(5-6-18-9)11(16)12(8-13)3-2-4-12/h9H,2-7H2,1H3. The van der Waals surface area contributed by atoms with Crippen LogP contribution < -0.4 is 0 Å². The molecule has 1 aliphatic carbocycles. The molecule has 0 aromatic heterocycles. The fourth-order valence-corrected chi connectivity index (χ4v) is 2.31. The van der Waals surface area contributed by atoms with Crippen LogP contribution in [0, 0.1) is 16.7 Å². The number of nitrogens with zero attached hydrogens (tertiary/aromatic N) is 2. The van der Waals surface area contributed by atoms with Crippen LogP contribution in [0.4, 0.5) is 0 Å². The molecule has 2 aliphatic rings. The van der Waals surface area contributed by atoms with Crippen LogP contribution in [0.3, 0.4) is 0 Å². The van der Waals surface area contributed by atoms with Gasteiger partial charge in [-0.25, -0.2) is 4.79 Å². The number of carbonyl (C=O) groups is 2. The fourth-order valence-electron chi connectivity index (χ4n) is 2.31. The van der Waals surface area contributed by atoms with Gasteiger partial charge in [-0.1, -0.05) is 0 Å². The summed E-state index contributed by atoms with van der Waals surface area (Å²) in [5, 5.41) is 9.14. The van der Waals surface area contributed by atoms with Crippen molar-refractivity contribution in [2.24, 2.45) is 5.41 Å². The van der Waals surface area contributed by atoms with Gasteiger partial charge in [0, 0.05) is 6.54 Å². The van der Waals surface area contributed by atoms with E-state index in [0.29, 0.717) is 26.0 Å². The largest absolute Gasteiger partial charge is 0.467 e. The third kappa shape index (κ3) is 2.06. The number of carbonyl (C=O) groups excluding carboxylic acids is 2. The van der Waals surface area contributed by atoms with Gasteiger partial charge >= 0.3 is 5.97 Å². The van der Waals surface area contributed by atoms with Crippen molar-refractivity contribution in [3.8, 4) is 6.07 Å². The molecule has 0 spiro atoms. The van der Waals surface area contributed by atoms with Crippen molar-refractivity contribution in [1.82, 2.24) is 4.90 Å². The molecule has 0 aromatic carbocycles. The highest BCUT2D eigenvalue weighted by atomic mass is 16.6. The van der Waals surface area contributed by atoms with Gasteiger partial charge in [-0.05, 0) is 19.3 Å². The quantitative estimate of drug-likeness (QED) is 0.650. The Kier molecular flexibility index (Phi) is 3.53. The van der Waals surface area contributed by atoms with Crippen LogP contribution >= 0.6 is 0 Å². The summed E-state index contributed by atoms with van der Waals surface area (Å²) in [4.78, 5) is 25.2. The molecule has 1 saturated heterocycles. The first-order valence-electron chi connectivity index (χ1n) is 6.03. The molecule has 1 saturated carbocycles. The van der Waals surface area contributed by atoms with E-state index in [1.807, 2.05) is 0 Å². The van der Waals surface area contributed by atoms with Crippen molar-refractivity contribution in [2.45, 2.75) is 25.4 Å². The lowest BCUT2D eigenvalue weighted by atomic mass is 9.69. The zero-order chi connectivity index (χ0) is 13.2. The first kappa shape index (κ1) is 12.8. The minimum Gasteiger partial charge on any atom is -0.467 e. The minimum absolute atomic E-state index is 0.173. The maximum atomic E-state index is 12.3. The number of esters is 1. The van der Waals surface area contributed by atoms with Crippen LogP contribution in [0.15, 0.2) is 0 Å². The van der Waals surface area contributed by atoms with Crippen LogP contribution in [-0.4, -0.2) is 49.7 Å². The van der Waals surface area contributed by atoms with E-state index in [2.05, 4.69) is 10.8 Å². The Balaban J connectivity index is 2.03. The van der Waals surface area contributed by atoms with Gasteiger partial charge < -0.3 is 14.4 Å². The molecule has 2 rings (SSSR count). The third-order valence-electron chi connectivity index (χ3n) is 3.65. The Hall–Kier alpha value is -1.61. The molecule has 6 nitrogen and oxygen atoms in total. The van der Waals surface area contributed by atoms with E-state index < -0.39 is 17.5 Å². The molecule has 1 unspecified atom stereocenters. The topological polar surface area (TPSA) is 79.6 Å². The highest BCUT2D eigenvalue weighted by molar-refractivity contribution is 5.87. The summed E-state index contributed by atoms with van der Waals surface area (Å²) < 4.78 is 9.86. The molecule has 0 N–H and O–H groups in total.